The fourth-order valence-corrected chi connectivity index (χ4v) is 1.77. The lowest BCUT2D eigenvalue weighted by Gasteiger charge is -2.09. The van der Waals surface area contributed by atoms with Crippen LogP contribution in [0.2, 0.25) is 0 Å². The number of hydrogen-bond acceptors (Lipinski definition) is 2. The topological polar surface area (TPSA) is 21.3 Å². The molecule has 0 aliphatic heterocycles. The molecule has 0 aliphatic carbocycles. The van der Waals surface area contributed by atoms with Crippen LogP contribution in [0.4, 0.5) is 5.69 Å². The number of benzene rings is 2. The SMILES string of the molecule is COc1cc(C)cc(NCc2ccccc2)c1. The van der Waals surface area contributed by atoms with Gasteiger partial charge in [-0.25, -0.2) is 0 Å². The van der Waals surface area contributed by atoms with E-state index in [0.29, 0.717) is 0 Å². The van der Waals surface area contributed by atoms with E-state index in [0.717, 1.165) is 18.0 Å². The van der Waals surface area contributed by atoms with E-state index < -0.39 is 0 Å². The summed E-state index contributed by atoms with van der Waals surface area (Å²) in [5, 5.41) is 3.40. The molecule has 0 aromatic heterocycles. The molecule has 0 radical (unpaired) electrons. The molecule has 1 N–H and O–H groups in total. The average Bonchev–Trinajstić information content (AvgIpc) is 2.37. The lowest BCUT2D eigenvalue weighted by Crippen LogP contribution is -1.99. The number of anilines is 1. The number of aryl methyl sites for hydroxylation is 1. The number of methoxy groups -OCH3 is 1. The average molecular weight is 227 g/mol. The third-order valence-corrected chi connectivity index (χ3v) is 2.63. The van der Waals surface area contributed by atoms with Gasteiger partial charge in [-0.2, -0.15) is 0 Å². The number of hydrogen-bond donors (Lipinski definition) is 1. The molecule has 2 nitrogen and oxygen atoms in total. The van der Waals surface area contributed by atoms with E-state index >= 15 is 0 Å². The summed E-state index contributed by atoms with van der Waals surface area (Å²) < 4.78 is 5.25. The predicted molar refractivity (Wildman–Crippen MR) is 71.5 cm³/mol. The Bertz CT molecular complexity index is 480. The molecule has 0 bridgehead atoms. The summed E-state index contributed by atoms with van der Waals surface area (Å²) in [4.78, 5) is 0. The highest BCUT2D eigenvalue weighted by Crippen LogP contribution is 2.20. The summed E-state index contributed by atoms with van der Waals surface area (Å²) in [6.45, 7) is 2.89. The van der Waals surface area contributed by atoms with Crippen LogP contribution >= 0.6 is 0 Å². The van der Waals surface area contributed by atoms with Gasteiger partial charge >= 0.3 is 0 Å². The Morgan fingerprint density at radius 2 is 1.82 bits per heavy atom. The molecule has 0 amide bonds. The maximum Gasteiger partial charge on any atom is 0.121 e. The van der Waals surface area contributed by atoms with Crippen molar-refractivity contribution in [1.82, 2.24) is 0 Å². The molecule has 2 aromatic rings. The van der Waals surface area contributed by atoms with Crippen LogP contribution in [0.15, 0.2) is 48.5 Å². The highest BCUT2D eigenvalue weighted by atomic mass is 16.5. The van der Waals surface area contributed by atoms with Crippen molar-refractivity contribution in [3.8, 4) is 5.75 Å². The molecule has 0 atom stereocenters. The van der Waals surface area contributed by atoms with Gasteiger partial charge in [-0.05, 0) is 30.2 Å². The van der Waals surface area contributed by atoms with Crippen molar-refractivity contribution in [2.45, 2.75) is 13.5 Å². The zero-order valence-corrected chi connectivity index (χ0v) is 10.2. The molecule has 0 fully saturated rings. The van der Waals surface area contributed by atoms with Crippen LogP contribution in [-0.2, 0) is 6.54 Å². The highest BCUT2D eigenvalue weighted by Gasteiger charge is 1.98. The molecule has 0 heterocycles. The van der Waals surface area contributed by atoms with Crippen LogP contribution in [0.5, 0.6) is 5.75 Å². The second-order valence-corrected chi connectivity index (χ2v) is 4.08. The second-order valence-electron chi connectivity index (χ2n) is 4.08. The summed E-state index contributed by atoms with van der Waals surface area (Å²) in [5.41, 5.74) is 3.55. The molecular formula is C15H17NO. The Morgan fingerprint density at radius 3 is 2.53 bits per heavy atom. The molecule has 0 spiro atoms. The fraction of sp³-hybridized carbons (Fsp3) is 0.200. The first kappa shape index (κ1) is 11.5. The Morgan fingerprint density at radius 1 is 1.06 bits per heavy atom. The molecule has 2 rings (SSSR count). The van der Waals surface area contributed by atoms with Crippen molar-refractivity contribution < 1.29 is 4.74 Å². The molecule has 88 valence electrons. The standard InChI is InChI=1S/C15H17NO/c1-12-8-14(10-15(9-12)17-2)16-11-13-6-4-3-5-7-13/h3-10,16H,11H2,1-2H3. The highest BCUT2D eigenvalue weighted by molar-refractivity contribution is 5.51. The zero-order chi connectivity index (χ0) is 12.1. The summed E-state index contributed by atoms with van der Waals surface area (Å²) in [6, 6.07) is 16.5. The van der Waals surface area contributed by atoms with Gasteiger partial charge in [0.2, 0.25) is 0 Å². The third kappa shape index (κ3) is 3.25. The van der Waals surface area contributed by atoms with Gasteiger partial charge in [0.05, 0.1) is 7.11 Å². The lowest BCUT2D eigenvalue weighted by atomic mass is 10.2. The molecule has 0 saturated heterocycles. The monoisotopic (exact) mass is 227 g/mol. The van der Waals surface area contributed by atoms with Gasteiger partial charge in [-0.1, -0.05) is 30.3 Å². The van der Waals surface area contributed by atoms with E-state index in [2.05, 4.69) is 30.4 Å². The van der Waals surface area contributed by atoms with Crippen molar-refractivity contribution in [2.75, 3.05) is 12.4 Å². The first-order chi connectivity index (χ1) is 8.28. The normalized spacial score (nSPS) is 10.0. The Hall–Kier alpha value is -1.96. The van der Waals surface area contributed by atoms with E-state index in [1.165, 1.54) is 11.1 Å². The van der Waals surface area contributed by atoms with E-state index in [1.807, 2.05) is 30.3 Å². The van der Waals surface area contributed by atoms with Crippen LogP contribution in [0, 0.1) is 6.92 Å². The number of rotatable bonds is 4. The third-order valence-electron chi connectivity index (χ3n) is 2.63. The number of ether oxygens (including phenoxy) is 1. The number of nitrogens with one attached hydrogen (secondary N) is 1. The maximum absolute atomic E-state index is 5.25. The summed E-state index contributed by atoms with van der Waals surface area (Å²) >= 11 is 0. The zero-order valence-electron chi connectivity index (χ0n) is 10.2. The molecule has 17 heavy (non-hydrogen) atoms. The van der Waals surface area contributed by atoms with Gasteiger partial charge < -0.3 is 10.1 Å². The first-order valence-corrected chi connectivity index (χ1v) is 5.71. The van der Waals surface area contributed by atoms with Crippen molar-refractivity contribution >= 4 is 5.69 Å². The van der Waals surface area contributed by atoms with Crippen LogP contribution < -0.4 is 10.1 Å². The van der Waals surface area contributed by atoms with Crippen molar-refractivity contribution in [2.24, 2.45) is 0 Å². The van der Waals surface area contributed by atoms with E-state index in [1.54, 1.807) is 7.11 Å². The minimum absolute atomic E-state index is 0.827. The Kier molecular flexibility index (Phi) is 3.66. The van der Waals surface area contributed by atoms with Gasteiger partial charge in [0, 0.05) is 18.3 Å². The lowest BCUT2D eigenvalue weighted by molar-refractivity contribution is 0.414. The molecule has 0 aliphatic rings. The van der Waals surface area contributed by atoms with Gasteiger partial charge in [0.1, 0.15) is 5.75 Å². The molecule has 2 heteroatoms. The van der Waals surface area contributed by atoms with Crippen LogP contribution in [0.3, 0.4) is 0 Å². The molecular weight excluding hydrogens is 210 g/mol. The van der Waals surface area contributed by atoms with Crippen LogP contribution in [0.25, 0.3) is 0 Å². The minimum Gasteiger partial charge on any atom is -0.497 e. The Labute approximate surface area is 102 Å². The van der Waals surface area contributed by atoms with Gasteiger partial charge in [0.15, 0.2) is 0 Å². The van der Waals surface area contributed by atoms with Gasteiger partial charge in [0.25, 0.3) is 0 Å². The van der Waals surface area contributed by atoms with Crippen LogP contribution in [0.1, 0.15) is 11.1 Å². The Balaban J connectivity index is 2.06. The van der Waals surface area contributed by atoms with Gasteiger partial charge in [-0.3, -0.25) is 0 Å². The van der Waals surface area contributed by atoms with E-state index in [4.69, 9.17) is 4.74 Å². The molecule has 0 saturated carbocycles. The summed E-state index contributed by atoms with van der Waals surface area (Å²) in [5.74, 6) is 0.889. The largest absolute Gasteiger partial charge is 0.497 e. The predicted octanol–water partition coefficient (Wildman–Crippen LogP) is 3.62. The van der Waals surface area contributed by atoms with Crippen molar-refractivity contribution in [1.29, 1.82) is 0 Å². The van der Waals surface area contributed by atoms with Crippen molar-refractivity contribution in [3.05, 3.63) is 59.7 Å². The van der Waals surface area contributed by atoms with Gasteiger partial charge in [-0.15, -0.1) is 0 Å². The second kappa shape index (κ2) is 5.39. The molecule has 0 unspecified atom stereocenters. The van der Waals surface area contributed by atoms with E-state index in [9.17, 15) is 0 Å². The quantitative estimate of drug-likeness (QED) is 0.861. The minimum atomic E-state index is 0.827. The summed E-state index contributed by atoms with van der Waals surface area (Å²) in [7, 11) is 1.69. The van der Waals surface area contributed by atoms with E-state index in [-0.39, 0.29) is 0 Å². The van der Waals surface area contributed by atoms with Crippen LogP contribution in [-0.4, -0.2) is 7.11 Å². The fourth-order valence-electron chi connectivity index (χ4n) is 1.77. The smallest absolute Gasteiger partial charge is 0.121 e. The first-order valence-electron chi connectivity index (χ1n) is 5.71. The molecule has 2 aromatic carbocycles. The maximum atomic E-state index is 5.25. The summed E-state index contributed by atoms with van der Waals surface area (Å²) in [6.07, 6.45) is 0. The van der Waals surface area contributed by atoms with Crippen molar-refractivity contribution in [3.63, 3.8) is 0 Å².